The first kappa shape index (κ1) is 20.7. The van der Waals surface area contributed by atoms with Crippen LogP contribution in [0, 0.1) is 18.7 Å². The summed E-state index contributed by atoms with van der Waals surface area (Å²) in [5, 5.41) is 6.21. The van der Waals surface area contributed by atoms with Gasteiger partial charge in [0.15, 0.2) is 0 Å². The average Bonchev–Trinajstić information content (AvgIpc) is 3.18. The van der Waals surface area contributed by atoms with E-state index in [0.717, 1.165) is 42.1 Å². The molecule has 1 fully saturated rings. The number of anilines is 3. The zero-order chi connectivity index (χ0) is 21.4. The zero-order valence-corrected chi connectivity index (χ0v) is 18.2. The van der Waals surface area contributed by atoms with E-state index in [1.165, 1.54) is 6.07 Å². The number of fused-ring (bicyclic) bond motifs is 1. The largest absolute Gasteiger partial charge is 0.373 e. The van der Waals surface area contributed by atoms with Crippen LogP contribution in [0.15, 0.2) is 36.4 Å². The SMILES string of the molecule is Cc1ccc(F)c2c1NC(C(=O)Nc1cccc(N3CC[C@@H](N(C)C)[C@@H](C)C3)c1)C2. The van der Waals surface area contributed by atoms with Crippen LogP contribution >= 0.6 is 0 Å². The van der Waals surface area contributed by atoms with Crippen molar-refractivity contribution in [1.82, 2.24) is 4.90 Å². The topological polar surface area (TPSA) is 47.6 Å². The van der Waals surface area contributed by atoms with Crippen LogP contribution in [0.2, 0.25) is 0 Å². The van der Waals surface area contributed by atoms with Crippen LogP contribution in [0.25, 0.3) is 0 Å². The molecule has 0 bridgehead atoms. The summed E-state index contributed by atoms with van der Waals surface area (Å²) in [5.74, 6) is 0.184. The Kier molecular flexibility index (Phi) is 5.69. The fraction of sp³-hybridized carbons (Fsp3) is 0.458. The monoisotopic (exact) mass is 410 g/mol. The quantitative estimate of drug-likeness (QED) is 0.803. The lowest BCUT2D eigenvalue weighted by Crippen LogP contribution is -2.47. The second-order valence-corrected chi connectivity index (χ2v) is 8.90. The number of amides is 1. The molecule has 0 aromatic heterocycles. The summed E-state index contributed by atoms with van der Waals surface area (Å²) in [6, 6.07) is 11.4. The first-order chi connectivity index (χ1) is 14.3. The average molecular weight is 411 g/mol. The van der Waals surface area contributed by atoms with Gasteiger partial charge in [0, 0.05) is 48.2 Å². The summed E-state index contributed by atoms with van der Waals surface area (Å²) in [6.07, 6.45) is 1.49. The maximum absolute atomic E-state index is 14.1. The van der Waals surface area contributed by atoms with Crippen molar-refractivity contribution < 1.29 is 9.18 Å². The molecule has 2 aliphatic rings. The van der Waals surface area contributed by atoms with Gasteiger partial charge in [0.25, 0.3) is 0 Å². The molecule has 5 nitrogen and oxygen atoms in total. The number of carbonyl (C=O) groups excluding carboxylic acids is 1. The summed E-state index contributed by atoms with van der Waals surface area (Å²) >= 11 is 0. The molecule has 0 spiro atoms. The fourth-order valence-electron chi connectivity index (χ4n) is 4.87. The maximum Gasteiger partial charge on any atom is 0.247 e. The van der Waals surface area contributed by atoms with Gasteiger partial charge >= 0.3 is 0 Å². The van der Waals surface area contributed by atoms with Crippen LogP contribution in [0.5, 0.6) is 0 Å². The number of halogens is 1. The van der Waals surface area contributed by atoms with Gasteiger partial charge in [-0.3, -0.25) is 4.79 Å². The van der Waals surface area contributed by atoms with Crippen LogP contribution in [0.1, 0.15) is 24.5 Å². The summed E-state index contributed by atoms with van der Waals surface area (Å²) in [5.41, 5.74) is 4.21. The lowest BCUT2D eigenvalue weighted by Gasteiger charge is -2.41. The van der Waals surface area contributed by atoms with Gasteiger partial charge in [-0.1, -0.05) is 19.1 Å². The van der Waals surface area contributed by atoms with Crippen LogP contribution < -0.4 is 15.5 Å². The molecule has 0 aliphatic carbocycles. The number of rotatable bonds is 4. The Bertz CT molecular complexity index is 914. The Morgan fingerprint density at radius 1 is 1.27 bits per heavy atom. The molecule has 0 radical (unpaired) electrons. The van der Waals surface area contributed by atoms with Gasteiger partial charge in [-0.2, -0.15) is 0 Å². The van der Waals surface area contributed by atoms with Crippen molar-refractivity contribution in [3.63, 3.8) is 0 Å². The zero-order valence-electron chi connectivity index (χ0n) is 18.2. The van der Waals surface area contributed by atoms with Crippen molar-refractivity contribution in [1.29, 1.82) is 0 Å². The molecule has 1 amide bonds. The second kappa shape index (κ2) is 8.26. The van der Waals surface area contributed by atoms with E-state index in [-0.39, 0.29) is 11.7 Å². The van der Waals surface area contributed by atoms with Crippen LogP contribution in [0.4, 0.5) is 21.5 Å². The van der Waals surface area contributed by atoms with Crippen molar-refractivity contribution in [2.45, 2.75) is 38.8 Å². The third-order valence-corrected chi connectivity index (χ3v) is 6.51. The molecule has 6 heteroatoms. The number of aryl methyl sites for hydroxylation is 1. The predicted molar refractivity (Wildman–Crippen MR) is 121 cm³/mol. The molecule has 1 unspecified atom stereocenters. The molecule has 2 aliphatic heterocycles. The first-order valence-electron chi connectivity index (χ1n) is 10.7. The Hall–Kier alpha value is -2.60. The molecular weight excluding hydrogens is 379 g/mol. The summed E-state index contributed by atoms with van der Waals surface area (Å²) in [4.78, 5) is 17.6. The molecule has 2 N–H and O–H groups in total. The van der Waals surface area contributed by atoms with E-state index in [4.69, 9.17) is 0 Å². The number of nitrogens with one attached hydrogen (secondary N) is 2. The lowest BCUT2D eigenvalue weighted by atomic mass is 9.92. The summed E-state index contributed by atoms with van der Waals surface area (Å²) in [7, 11) is 4.30. The highest BCUT2D eigenvalue weighted by Gasteiger charge is 2.30. The third kappa shape index (κ3) is 4.01. The van der Waals surface area contributed by atoms with Crippen molar-refractivity contribution in [2.24, 2.45) is 5.92 Å². The van der Waals surface area contributed by atoms with E-state index in [2.05, 4.69) is 47.5 Å². The number of nitrogens with zero attached hydrogens (tertiary/aromatic N) is 2. The van der Waals surface area contributed by atoms with E-state index in [1.807, 2.05) is 25.1 Å². The molecule has 2 aromatic carbocycles. The first-order valence-corrected chi connectivity index (χ1v) is 10.7. The molecule has 30 heavy (non-hydrogen) atoms. The van der Waals surface area contributed by atoms with Gasteiger partial charge in [-0.15, -0.1) is 0 Å². The molecule has 2 aromatic rings. The minimum absolute atomic E-state index is 0.137. The lowest BCUT2D eigenvalue weighted by molar-refractivity contribution is -0.116. The second-order valence-electron chi connectivity index (χ2n) is 8.90. The highest BCUT2D eigenvalue weighted by atomic mass is 19.1. The summed E-state index contributed by atoms with van der Waals surface area (Å²) in [6.45, 7) is 6.23. The Morgan fingerprint density at radius 3 is 2.77 bits per heavy atom. The molecule has 0 saturated carbocycles. The Labute approximate surface area is 178 Å². The molecule has 2 heterocycles. The molecule has 1 saturated heterocycles. The van der Waals surface area contributed by atoms with Gasteiger partial charge in [-0.25, -0.2) is 4.39 Å². The number of hydrogen-bond acceptors (Lipinski definition) is 4. The smallest absolute Gasteiger partial charge is 0.247 e. The standard InChI is InChI=1S/C24H31FN4O/c1-15-8-9-20(25)19-13-21(27-23(15)19)24(30)26-17-6-5-7-18(12-17)29-11-10-22(28(3)4)16(2)14-29/h5-9,12,16,21-22,27H,10-11,13-14H2,1-4H3,(H,26,30)/t16-,21?,22+/m0/s1. The van der Waals surface area contributed by atoms with Crippen LogP contribution in [-0.2, 0) is 11.2 Å². The van der Waals surface area contributed by atoms with Crippen LogP contribution in [0.3, 0.4) is 0 Å². The summed E-state index contributed by atoms with van der Waals surface area (Å²) < 4.78 is 14.1. The van der Waals surface area contributed by atoms with Crippen molar-refractivity contribution in [3.05, 3.63) is 53.3 Å². The van der Waals surface area contributed by atoms with Crippen molar-refractivity contribution in [2.75, 3.05) is 42.7 Å². The van der Waals surface area contributed by atoms with E-state index in [0.29, 0.717) is 23.9 Å². The number of piperidine rings is 1. The molecule has 3 atom stereocenters. The van der Waals surface area contributed by atoms with Crippen LogP contribution in [-0.4, -0.2) is 50.1 Å². The molecular formula is C24H31FN4O. The van der Waals surface area contributed by atoms with Crippen molar-refractivity contribution >= 4 is 23.0 Å². The van der Waals surface area contributed by atoms with Crippen molar-refractivity contribution in [3.8, 4) is 0 Å². The van der Waals surface area contributed by atoms with Gasteiger partial charge in [0.2, 0.25) is 5.91 Å². The number of carbonyl (C=O) groups is 1. The van der Waals surface area contributed by atoms with E-state index >= 15 is 0 Å². The van der Waals surface area contributed by atoms with E-state index in [1.54, 1.807) is 6.07 Å². The van der Waals surface area contributed by atoms with Gasteiger partial charge in [-0.05, 0) is 63.2 Å². The molecule has 160 valence electrons. The highest BCUT2D eigenvalue weighted by Crippen LogP contribution is 2.32. The third-order valence-electron chi connectivity index (χ3n) is 6.51. The fourth-order valence-corrected chi connectivity index (χ4v) is 4.87. The van der Waals surface area contributed by atoms with Gasteiger partial charge in [0.05, 0.1) is 0 Å². The normalized spacial score (nSPS) is 23.3. The Balaban J connectivity index is 1.42. The maximum atomic E-state index is 14.1. The highest BCUT2D eigenvalue weighted by molar-refractivity contribution is 5.98. The molecule has 4 rings (SSSR count). The van der Waals surface area contributed by atoms with Gasteiger partial charge < -0.3 is 20.4 Å². The number of hydrogen-bond donors (Lipinski definition) is 2. The predicted octanol–water partition coefficient (Wildman–Crippen LogP) is 3.89. The van der Waals surface area contributed by atoms with Gasteiger partial charge in [0.1, 0.15) is 11.9 Å². The Morgan fingerprint density at radius 2 is 2.07 bits per heavy atom. The van der Waals surface area contributed by atoms with E-state index in [9.17, 15) is 9.18 Å². The minimum atomic E-state index is -0.463. The minimum Gasteiger partial charge on any atom is -0.373 e. The number of benzene rings is 2. The van der Waals surface area contributed by atoms with E-state index < -0.39 is 6.04 Å².